The molecule has 1 aliphatic rings. The van der Waals surface area contributed by atoms with Crippen LogP contribution in [0.4, 0.5) is 10.1 Å². The van der Waals surface area contributed by atoms with Crippen LogP contribution in [0.15, 0.2) is 36.7 Å². The molecule has 1 aromatic carbocycles. The number of aromatic nitrogens is 3. The SMILES string of the molecule is Cc1ccc(F)cc1Oc1cc(NCC2CNC2)c2nccn2n1. The molecule has 1 fully saturated rings. The summed E-state index contributed by atoms with van der Waals surface area (Å²) in [5.41, 5.74) is 2.44. The van der Waals surface area contributed by atoms with Crippen molar-refractivity contribution < 1.29 is 9.13 Å². The van der Waals surface area contributed by atoms with Crippen molar-refractivity contribution in [2.75, 3.05) is 25.0 Å². The molecule has 0 unspecified atom stereocenters. The Morgan fingerprint density at radius 1 is 1.38 bits per heavy atom. The quantitative estimate of drug-likeness (QED) is 0.754. The molecule has 0 radical (unpaired) electrons. The number of nitrogens with one attached hydrogen (secondary N) is 2. The Morgan fingerprint density at radius 3 is 3.04 bits per heavy atom. The van der Waals surface area contributed by atoms with Gasteiger partial charge in [0.25, 0.3) is 0 Å². The van der Waals surface area contributed by atoms with Gasteiger partial charge in [-0.3, -0.25) is 0 Å². The predicted octanol–water partition coefficient (Wildman–Crippen LogP) is 2.60. The van der Waals surface area contributed by atoms with Gasteiger partial charge in [0.1, 0.15) is 11.6 Å². The van der Waals surface area contributed by atoms with Gasteiger partial charge in [0.15, 0.2) is 5.65 Å². The summed E-state index contributed by atoms with van der Waals surface area (Å²) in [6, 6.07) is 6.26. The first-order valence-corrected chi connectivity index (χ1v) is 7.92. The highest BCUT2D eigenvalue weighted by Crippen LogP contribution is 2.27. The second kappa shape index (κ2) is 6.09. The molecule has 1 aliphatic heterocycles. The van der Waals surface area contributed by atoms with E-state index in [1.54, 1.807) is 29.0 Å². The number of rotatable bonds is 5. The van der Waals surface area contributed by atoms with E-state index in [0.29, 0.717) is 17.5 Å². The van der Waals surface area contributed by atoms with Crippen molar-refractivity contribution in [2.24, 2.45) is 5.92 Å². The first-order chi connectivity index (χ1) is 11.7. The average molecular weight is 327 g/mol. The molecule has 0 aliphatic carbocycles. The number of ether oxygens (including phenoxy) is 1. The summed E-state index contributed by atoms with van der Waals surface area (Å²) in [6.45, 7) is 4.77. The molecular formula is C17H18FN5O. The maximum Gasteiger partial charge on any atom is 0.239 e. The molecule has 0 bridgehead atoms. The van der Waals surface area contributed by atoms with Crippen molar-refractivity contribution in [1.82, 2.24) is 19.9 Å². The zero-order chi connectivity index (χ0) is 16.5. The Balaban J connectivity index is 1.63. The second-order valence-electron chi connectivity index (χ2n) is 6.01. The highest BCUT2D eigenvalue weighted by molar-refractivity contribution is 5.68. The molecule has 0 spiro atoms. The number of anilines is 1. The van der Waals surface area contributed by atoms with E-state index in [4.69, 9.17) is 4.74 Å². The van der Waals surface area contributed by atoms with Crippen LogP contribution in [-0.4, -0.2) is 34.2 Å². The topological polar surface area (TPSA) is 63.5 Å². The van der Waals surface area contributed by atoms with Crippen LogP contribution < -0.4 is 15.4 Å². The largest absolute Gasteiger partial charge is 0.437 e. The van der Waals surface area contributed by atoms with Crippen LogP contribution in [0.5, 0.6) is 11.6 Å². The fraction of sp³-hybridized carbons (Fsp3) is 0.294. The van der Waals surface area contributed by atoms with Crippen molar-refractivity contribution in [1.29, 1.82) is 0 Å². The van der Waals surface area contributed by atoms with Gasteiger partial charge in [0, 0.05) is 50.1 Å². The number of imidazole rings is 1. The molecule has 124 valence electrons. The van der Waals surface area contributed by atoms with E-state index >= 15 is 0 Å². The number of hydrogen-bond acceptors (Lipinski definition) is 5. The molecule has 1 saturated heterocycles. The molecule has 24 heavy (non-hydrogen) atoms. The minimum atomic E-state index is -0.338. The minimum Gasteiger partial charge on any atom is -0.437 e. The Morgan fingerprint density at radius 2 is 2.25 bits per heavy atom. The third kappa shape index (κ3) is 2.90. The van der Waals surface area contributed by atoms with Crippen molar-refractivity contribution in [2.45, 2.75) is 6.92 Å². The highest BCUT2D eigenvalue weighted by atomic mass is 19.1. The third-order valence-corrected chi connectivity index (χ3v) is 4.15. The van der Waals surface area contributed by atoms with Crippen LogP contribution in [0.25, 0.3) is 5.65 Å². The maximum absolute atomic E-state index is 13.5. The maximum atomic E-state index is 13.5. The molecular weight excluding hydrogens is 309 g/mol. The van der Waals surface area contributed by atoms with E-state index in [0.717, 1.165) is 36.5 Å². The van der Waals surface area contributed by atoms with Crippen LogP contribution in [-0.2, 0) is 0 Å². The Hall–Kier alpha value is -2.67. The molecule has 0 saturated carbocycles. The standard InChI is InChI=1S/C17H18FN5O/c1-11-2-3-13(18)6-15(11)24-16-7-14(21-10-12-8-19-9-12)17-20-4-5-23(17)22-16/h2-7,12,19,21H,8-10H2,1H3. The van der Waals surface area contributed by atoms with Crippen LogP contribution in [0.1, 0.15) is 5.56 Å². The molecule has 7 heteroatoms. The summed E-state index contributed by atoms with van der Waals surface area (Å²) in [6.07, 6.45) is 3.45. The number of nitrogens with zero attached hydrogens (tertiary/aromatic N) is 3. The monoisotopic (exact) mass is 327 g/mol. The van der Waals surface area contributed by atoms with E-state index in [2.05, 4.69) is 20.7 Å². The lowest BCUT2D eigenvalue weighted by Gasteiger charge is -2.27. The van der Waals surface area contributed by atoms with Gasteiger partial charge in [-0.2, -0.15) is 0 Å². The average Bonchev–Trinajstić information content (AvgIpc) is 2.98. The lowest BCUT2D eigenvalue weighted by atomic mass is 10.0. The molecule has 2 N–H and O–H groups in total. The van der Waals surface area contributed by atoms with Crippen LogP contribution >= 0.6 is 0 Å². The molecule has 0 atom stereocenters. The van der Waals surface area contributed by atoms with Gasteiger partial charge in [-0.15, -0.1) is 5.10 Å². The minimum absolute atomic E-state index is 0.338. The second-order valence-corrected chi connectivity index (χ2v) is 6.01. The Bertz CT molecular complexity index is 875. The van der Waals surface area contributed by atoms with Gasteiger partial charge in [-0.05, 0) is 18.6 Å². The zero-order valence-corrected chi connectivity index (χ0v) is 13.3. The third-order valence-electron chi connectivity index (χ3n) is 4.15. The van der Waals surface area contributed by atoms with Crippen molar-refractivity contribution in [3.63, 3.8) is 0 Å². The smallest absolute Gasteiger partial charge is 0.239 e. The van der Waals surface area contributed by atoms with Crippen molar-refractivity contribution in [3.8, 4) is 11.6 Å². The van der Waals surface area contributed by atoms with Gasteiger partial charge < -0.3 is 15.4 Å². The van der Waals surface area contributed by atoms with Gasteiger partial charge in [0.2, 0.25) is 5.88 Å². The van der Waals surface area contributed by atoms with Crippen LogP contribution in [0.2, 0.25) is 0 Å². The summed E-state index contributed by atoms with van der Waals surface area (Å²) in [7, 11) is 0. The first kappa shape index (κ1) is 14.9. The number of aryl methyl sites for hydroxylation is 1. The predicted molar refractivity (Wildman–Crippen MR) is 89.0 cm³/mol. The van der Waals surface area contributed by atoms with Crippen molar-refractivity contribution >= 4 is 11.3 Å². The molecule has 0 amide bonds. The number of halogens is 1. The molecule has 2 aromatic heterocycles. The summed E-state index contributed by atoms with van der Waals surface area (Å²) in [5, 5.41) is 11.0. The lowest BCUT2D eigenvalue weighted by molar-refractivity contribution is 0.365. The molecule has 4 rings (SSSR count). The van der Waals surface area contributed by atoms with E-state index in [-0.39, 0.29) is 5.82 Å². The van der Waals surface area contributed by atoms with E-state index in [1.807, 2.05) is 6.92 Å². The molecule has 3 heterocycles. The zero-order valence-electron chi connectivity index (χ0n) is 13.3. The van der Waals surface area contributed by atoms with Gasteiger partial charge in [-0.25, -0.2) is 13.9 Å². The lowest BCUT2D eigenvalue weighted by Crippen LogP contribution is -2.45. The van der Waals surface area contributed by atoms with Gasteiger partial charge in [-0.1, -0.05) is 6.07 Å². The highest BCUT2D eigenvalue weighted by Gasteiger charge is 2.17. The van der Waals surface area contributed by atoms with Crippen molar-refractivity contribution in [3.05, 3.63) is 48.0 Å². The fourth-order valence-corrected chi connectivity index (χ4v) is 2.62. The van der Waals surface area contributed by atoms with Gasteiger partial charge >= 0.3 is 0 Å². The number of hydrogen-bond donors (Lipinski definition) is 2. The fourth-order valence-electron chi connectivity index (χ4n) is 2.62. The summed E-state index contributed by atoms with van der Waals surface area (Å²) in [5.74, 6) is 1.12. The normalized spacial score (nSPS) is 14.6. The van der Waals surface area contributed by atoms with E-state index in [1.165, 1.54) is 12.1 Å². The van der Waals surface area contributed by atoms with Crippen LogP contribution in [0, 0.1) is 18.7 Å². The summed E-state index contributed by atoms with van der Waals surface area (Å²) in [4.78, 5) is 4.33. The van der Waals surface area contributed by atoms with E-state index in [9.17, 15) is 4.39 Å². The Labute approximate surface area is 138 Å². The first-order valence-electron chi connectivity index (χ1n) is 7.92. The summed E-state index contributed by atoms with van der Waals surface area (Å²) < 4.78 is 20.9. The van der Waals surface area contributed by atoms with E-state index < -0.39 is 0 Å². The molecule has 6 nitrogen and oxygen atoms in total. The number of fused-ring (bicyclic) bond motifs is 1. The van der Waals surface area contributed by atoms with Crippen LogP contribution in [0.3, 0.4) is 0 Å². The number of benzene rings is 1. The Kier molecular flexibility index (Phi) is 3.78. The van der Waals surface area contributed by atoms with Gasteiger partial charge in [0.05, 0.1) is 5.69 Å². The summed E-state index contributed by atoms with van der Waals surface area (Å²) >= 11 is 0. The molecule has 3 aromatic rings.